The molecule has 1 rings (SSSR count). The van der Waals surface area contributed by atoms with Gasteiger partial charge in [-0.25, -0.2) is 4.79 Å². The molecule has 234 valence electrons. The highest BCUT2D eigenvalue weighted by Gasteiger charge is 2.29. The van der Waals surface area contributed by atoms with Crippen molar-refractivity contribution >= 4 is 48.2 Å². The maximum absolute atomic E-state index is 13.3. The summed E-state index contributed by atoms with van der Waals surface area (Å²) in [6.07, 6.45) is 2.11. The van der Waals surface area contributed by atoms with Gasteiger partial charge in [0.15, 0.2) is 5.96 Å². The topological polar surface area (TPSA) is 270 Å². The van der Waals surface area contributed by atoms with Gasteiger partial charge >= 0.3 is 5.97 Å². The molecule has 16 heteroatoms. The zero-order chi connectivity index (χ0) is 31.5. The first-order chi connectivity index (χ1) is 20.0. The molecule has 1 aromatic carbocycles. The Kier molecular flexibility index (Phi) is 17.3. The van der Waals surface area contributed by atoms with Crippen molar-refractivity contribution in [2.75, 3.05) is 25.4 Å². The predicted molar refractivity (Wildman–Crippen MR) is 161 cm³/mol. The molecule has 0 saturated heterocycles. The average molecular weight is 610 g/mol. The number of carbonyl (C=O) groups excluding carboxylic acids is 4. The molecular formula is C26H43N9O6S. The van der Waals surface area contributed by atoms with Crippen LogP contribution in [-0.2, 0) is 30.4 Å². The van der Waals surface area contributed by atoms with Crippen molar-refractivity contribution in [2.45, 2.75) is 62.7 Å². The summed E-state index contributed by atoms with van der Waals surface area (Å²) in [5.41, 5.74) is 22.7. The summed E-state index contributed by atoms with van der Waals surface area (Å²) in [7, 11) is 0. The molecule has 4 amide bonds. The summed E-state index contributed by atoms with van der Waals surface area (Å²) in [6.45, 7) is 0.244. The van der Waals surface area contributed by atoms with E-state index in [9.17, 15) is 29.1 Å². The van der Waals surface area contributed by atoms with E-state index < -0.39 is 60.3 Å². The molecule has 0 aromatic heterocycles. The molecule has 13 N–H and O–H groups in total. The number of carbonyl (C=O) groups is 5. The minimum Gasteiger partial charge on any atom is -0.480 e. The van der Waals surface area contributed by atoms with Crippen LogP contribution in [0, 0.1) is 0 Å². The number of carboxylic acid groups (broad SMARTS) is 1. The zero-order valence-corrected chi connectivity index (χ0v) is 24.4. The van der Waals surface area contributed by atoms with Crippen LogP contribution in [0.15, 0.2) is 35.3 Å². The van der Waals surface area contributed by atoms with Crippen molar-refractivity contribution in [3.8, 4) is 0 Å². The second-order valence-electron chi connectivity index (χ2n) is 9.51. The highest BCUT2D eigenvalue weighted by atomic mass is 32.1. The lowest BCUT2D eigenvalue weighted by Gasteiger charge is -2.24. The normalized spacial score (nSPS) is 13.5. The van der Waals surface area contributed by atoms with E-state index in [1.165, 1.54) is 0 Å². The van der Waals surface area contributed by atoms with Gasteiger partial charge < -0.3 is 49.3 Å². The highest BCUT2D eigenvalue weighted by Crippen LogP contribution is 2.07. The Labute approximate surface area is 250 Å². The van der Waals surface area contributed by atoms with Crippen molar-refractivity contribution in [3.05, 3.63) is 35.9 Å². The summed E-state index contributed by atoms with van der Waals surface area (Å²) >= 11 is 3.97. The summed E-state index contributed by atoms with van der Waals surface area (Å²) in [4.78, 5) is 66.5. The number of nitrogens with two attached hydrogens (primary N) is 4. The Balaban J connectivity index is 2.90. The fourth-order valence-corrected chi connectivity index (χ4v) is 3.99. The lowest BCUT2D eigenvalue weighted by molar-refractivity contribution is -0.141. The van der Waals surface area contributed by atoms with Crippen molar-refractivity contribution in [1.29, 1.82) is 0 Å². The number of nitrogens with zero attached hydrogens (tertiary/aromatic N) is 1. The van der Waals surface area contributed by atoms with Gasteiger partial charge in [0.2, 0.25) is 23.6 Å². The van der Waals surface area contributed by atoms with Crippen LogP contribution in [-0.4, -0.2) is 90.2 Å². The molecule has 42 heavy (non-hydrogen) atoms. The fourth-order valence-electron chi connectivity index (χ4n) is 3.75. The second kappa shape index (κ2) is 20.1. The molecule has 0 radical (unpaired) electrons. The Bertz CT molecular complexity index is 1060. The third-order valence-corrected chi connectivity index (χ3v) is 6.40. The van der Waals surface area contributed by atoms with Crippen LogP contribution in [0.1, 0.15) is 37.7 Å². The molecule has 0 fully saturated rings. The van der Waals surface area contributed by atoms with Crippen LogP contribution < -0.4 is 44.2 Å². The van der Waals surface area contributed by atoms with E-state index in [0.29, 0.717) is 32.4 Å². The van der Waals surface area contributed by atoms with Crippen LogP contribution in [0.5, 0.6) is 0 Å². The maximum atomic E-state index is 13.3. The molecule has 4 atom stereocenters. The van der Waals surface area contributed by atoms with Crippen LogP contribution in [0.25, 0.3) is 0 Å². The minimum atomic E-state index is -1.27. The van der Waals surface area contributed by atoms with Gasteiger partial charge in [-0.15, -0.1) is 0 Å². The predicted octanol–water partition coefficient (Wildman–Crippen LogP) is -2.68. The molecule has 0 bridgehead atoms. The number of hydrogen-bond acceptors (Lipinski definition) is 9. The van der Waals surface area contributed by atoms with E-state index in [0.717, 1.165) is 5.56 Å². The number of aliphatic imine (C=N–C) groups is 1. The molecule has 0 aliphatic carbocycles. The standard InChI is InChI=1S/C26H43N9O6S/c27-11-5-4-10-18(33-21(36)14-32-22(37)17(28)9-6-12-31-26(29)30)23(38)34-19(13-16-7-2-1-3-8-16)24(39)35-20(15-42)25(40)41/h1-3,7-8,17-20,42H,4-6,9-15,27-28H2,(H,32,37)(H,33,36)(H,34,38)(H,35,39)(H,40,41)(H4,29,30,31)/t17-,18-,19-,20-/m0/s1. The van der Waals surface area contributed by atoms with Crippen LogP contribution >= 0.6 is 12.6 Å². The fraction of sp³-hybridized carbons (Fsp3) is 0.538. The largest absolute Gasteiger partial charge is 0.480 e. The first-order valence-corrected chi connectivity index (χ1v) is 14.2. The zero-order valence-electron chi connectivity index (χ0n) is 23.5. The number of rotatable bonds is 20. The number of benzene rings is 1. The number of thiol groups is 1. The summed E-state index contributed by atoms with van der Waals surface area (Å²) < 4.78 is 0. The van der Waals surface area contributed by atoms with Gasteiger partial charge in [0.25, 0.3) is 0 Å². The van der Waals surface area contributed by atoms with E-state index in [4.69, 9.17) is 22.9 Å². The summed E-state index contributed by atoms with van der Waals surface area (Å²) in [5.74, 6) is -4.07. The smallest absolute Gasteiger partial charge is 0.327 e. The average Bonchev–Trinajstić information content (AvgIpc) is 2.95. The van der Waals surface area contributed by atoms with Crippen LogP contribution in [0.3, 0.4) is 0 Å². The lowest BCUT2D eigenvalue weighted by atomic mass is 10.0. The molecule has 0 aliphatic heterocycles. The maximum Gasteiger partial charge on any atom is 0.327 e. The third kappa shape index (κ3) is 14.7. The molecule has 0 saturated carbocycles. The molecule has 1 aromatic rings. The van der Waals surface area contributed by atoms with E-state index in [1.54, 1.807) is 30.3 Å². The highest BCUT2D eigenvalue weighted by molar-refractivity contribution is 7.80. The Hall–Kier alpha value is -3.89. The van der Waals surface area contributed by atoms with Gasteiger partial charge in [-0.1, -0.05) is 30.3 Å². The Morgan fingerprint density at radius 1 is 0.857 bits per heavy atom. The Morgan fingerprint density at radius 2 is 1.50 bits per heavy atom. The third-order valence-electron chi connectivity index (χ3n) is 6.04. The van der Waals surface area contributed by atoms with E-state index >= 15 is 0 Å². The van der Waals surface area contributed by atoms with Gasteiger partial charge in [-0.3, -0.25) is 24.2 Å². The molecule has 0 heterocycles. The second-order valence-corrected chi connectivity index (χ2v) is 9.88. The molecule has 15 nitrogen and oxygen atoms in total. The number of aliphatic carboxylic acids is 1. The van der Waals surface area contributed by atoms with Gasteiger partial charge in [-0.05, 0) is 44.2 Å². The quantitative estimate of drug-likeness (QED) is 0.0317. The van der Waals surface area contributed by atoms with E-state index in [1.807, 2.05) is 0 Å². The lowest BCUT2D eigenvalue weighted by Crippen LogP contribution is -2.57. The summed E-state index contributed by atoms with van der Waals surface area (Å²) in [6, 6.07) is 4.48. The van der Waals surface area contributed by atoms with Crippen molar-refractivity contribution in [2.24, 2.45) is 27.9 Å². The number of hydrogen-bond donors (Lipinski definition) is 10. The van der Waals surface area contributed by atoms with Gasteiger partial charge in [0.1, 0.15) is 18.1 Å². The number of guanidine groups is 1. The Morgan fingerprint density at radius 3 is 2.10 bits per heavy atom. The van der Waals surface area contributed by atoms with Crippen LogP contribution in [0.4, 0.5) is 0 Å². The SMILES string of the molecule is NCCCC[C@H](NC(=O)CNC(=O)[C@@H](N)CCCN=C(N)N)C(=O)N[C@@H](Cc1ccccc1)C(=O)N[C@@H](CS)C(=O)O. The van der Waals surface area contributed by atoms with E-state index in [2.05, 4.69) is 38.9 Å². The molecule has 0 aliphatic rings. The molecular weight excluding hydrogens is 566 g/mol. The first kappa shape index (κ1) is 36.1. The van der Waals surface area contributed by atoms with Gasteiger partial charge in [0.05, 0.1) is 12.6 Å². The van der Waals surface area contributed by atoms with Crippen LogP contribution in [0.2, 0.25) is 0 Å². The van der Waals surface area contributed by atoms with E-state index in [-0.39, 0.29) is 31.0 Å². The number of carboxylic acids is 1. The van der Waals surface area contributed by atoms with Gasteiger partial charge in [-0.2, -0.15) is 12.6 Å². The van der Waals surface area contributed by atoms with Gasteiger partial charge in [0, 0.05) is 18.7 Å². The first-order valence-electron chi connectivity index (χ1n) is 13.5. The summed E-state index contributed by atoms with van der Waals surface area (Å²) in [5, 5.41) is 19.4. The monoisotopic (exact) mass is 609 g/mol. The number of nitrogens with one attached hydrogen (secondary N) is 4. The molecule has 0 spiro atoms. The number of amides is 4. The van der Waals surface area contributed by atoms with Crippen molar-refractivity contribution in [1.82, 2.24) is 21.3 Å². The minimum absolute atomic E-state index is 0.0659. The number of unbranched alkanes of at least 4 members (excludes halogenated alkanes) is 1. The van der Waals surface area contributed by atoms with Crippen molar-refractivity contribution in [3.63, 3.8) is 0 Å². The molecule has 0 unspecified atom stereocenters. The van der Waals surface area contributed by atoms with Crippen molar-refractivity contribution < 1.29 is 29.1 Å².